The van der Waals surface area contributed by atoms with Gasteiger partial charge in [0, 0.05) is 24.2 Å². The summed E-state index contributed by atoms with van der Waals surface area (Å²) in [5, 5.41) is 0. The van der Waals surface area contributed by atoms with Crippen molar-refractivity contribution in [3.8, 4) is 0 Å². The molecule has 0 saturated heterocycles. The second kappa shape index (κ2) is 13.0. The Hall–Kier alpha value is 0.328. The van der Waals surface area contributed by atoms with Crippen LogP contribution in [0.2, 0.25) is 24.2 Å². The first-order chi connectivity index (χ1) is 14.7. The van der Waals surface area contributed by atoms with Crippen LogP contribution in [0, 0.1) is 0 Å². The van der Waals surface area contributed by atoms with Crippen LogP contribution >= 0.6 is 0 Å². The Morgan fingerprint density at radius 2 is 0.879 bits per heavy atom. The Bertz CT molecular complexity index is 782. The molecule has 0 bridgehead atoms. The van der Waals surface area contributed by atoms with E-state index < -0.39 is 91.9 Å². The molecule has 200 valence electrons. The first kappa shape index (κ1) is 33.3. The minimum Gasteiger partial charge on any atom is -0.390 e. The molecule has 0 fully saturated rings. The molecule has 0 amide bonds. The van der Waals surface area contributed by atoms with Crippen LogP contribution in [0.5, 0.6) is 0 Å². The highest BCUT2D eigenvalue weighted by atomic mass is 32.2. The number of hydrogen-bond acceptors (Lipinski definition) is 13. The third-order valence-corrected chi connectivity index (χ3v) is 17.4. The predicted molar refractivity (Wildman–Crippen MR) is 121 cm³/mol. The molecule has 0 aromatic rings. The van der Waals surface area contributed by atoms with Crippen molar-refractivity contribution in [1.82, 2.24) is 0 Å². The zero-order valence-corrected chi connectivity index (χ0v) is 24.0. The maximum absolute atomic E-state index is 11.1. The van der Waals surface area contributed by atoms with Crippen LogP contribution in [0.4, 0.5) is 0 Å². The van der Waals surface area contributed by atoms with Gasteiger partial charge in [0.25, 0.3) is 20.2 Å². The highest BCUT2D eigenvalue weighted by Gasteiger charge is 2.58. The predicted octanol–water partition coefficient (Wildman–Crippen LogP) is -1.88. The maximum atomic E-state index is 11.1. The summed E-state index contributed by atoms with van der Waals surface area (Å²) < 4.78 is 77.6. The molecule has 0 rings (SSSR count). The van der Waals surface area contributed by atoms with Crippen molar-refractivity contribution in [2.24, 2.45) is 0 Å². The molecule has 0 atom stereocenters. The minimum absolute atomic E-state index is 0.194. The molecule has 0 heterocycles. The van der Waals surface area contributed by atoms with E-state index in [9.17, 15) is 45.6 Å². The van der Waals surface area contributed by atoms with E-state index in [1.807, 2.05) is 0 Å². The van der Waals surface area contributed by atoms with E-state index in [4.69, 9.17) is 21.5 Å². The normalized spacial score (nSPS) is 14.6. The number of hydrogen-bond donors (Lipinski definition) is 8. The van der Waals surface area contributed by atoms with Gasteiger partial charge in [-0.05, 0) is 12.8 Å². The summed E-state index contributed by atoms with van der Waals surface area (Å²) >= 11 is 0. The zero-order valence-electron chi connectivity index (χ0n) is 18.3. The molecular formula is C12H34O15S2Si4. The molecule has 0 aliphatic heterocycles. The summed E-state index contributed by atoms with van der Waals surface area (Å²) in [7, 11) is -28.1. The van der Waals surface area contributed by atoms with Gasteiger partial charge in [-0.25, -0.2) is 0 Å². The molecule has 0 unspecified atom stereocenters. The molecule has 0 aliphatic rings. The lowest BCUT2D eigenvalue weighted by atomic mass is 10.6. The molecule has 0 aliphatic carbocycles. The first-order valence-corrected chi connectivity index (χ1v) is 21.2. The van der Waals surface area contributed by atoms with E-state index in [0.717, 1.165) is 0 Å². The third-order valence-electron chi connectivity index (χ3n) is 3.90. The molecule has 0 radical (unpaired) electrons. The standard InChI is InChI=1S/C12H34O15S2Si4/c1-3-9-30(19,20)25-33(12-6-8-29(16,17)18,26-31(21,22)10-4-2)27-32(23,24)11-5-7-28(13,14)15/h19-24H,3-12H2,1-2H3,(H,13,14,15)(H,16,17,18). The van der Waals surface area contributed by atoms with Gasteiger partial charge >= 0.3 is 35.2 Å². The van der Waals surface area contributed by atoms with Crippen LogP contribution in [0.15, 0.2) is 0 Å². The molecule has 21 heteroatoms. The molecule has 0 spiro atoms. The Labute approximate surface area is 197 Å². The Morgan fingerprint density at radius 3 is 1.18 bits per heavy atom. The molecule has 8 N–H and O–H groups in total. The minimum atomic E-state index is -4.96. The van der Waals surface area contributed by atoms with Gasteiger partial charge in [-0.3, -0.25) is 9.11 Å². The zero-order chi connectivity index (χ0) is 26.2. The van der Waals surface area contributed by atoms with Crippen molar-refractivity contribution >= 4 is 55.5 Å². The van der Waals surface area contributed by atoms with E-state index in [-0.39, 0.29) is 24.9 Å². The van der Waals surface area contributed by atoms with Crippen LogP contribution in [-0.4, -0.2) is 101 Å². The van der Waals surface area contributed by atoms with E-state index in [1.165, 1.54) is 0 Å². The fraction of sp³-hybridized carbons (Fsp3) is 1.00. The average Bonchev–Trinajstić information content (AvgIpc) is 2.49. The summed E-state index contributed by atoms with van der Waals surface area (Å²) in [4.78, 5) is 61.9. The third kappa shape index (κ3) is 16.6. The van der Waals surface area contributed by atoms with Gasteiger partial charge in [0.15, 0.2) is 0 Å². The van der Waals surface area contributed by atoms with Crippen molar-refractivity contribution in [1.29, 1.82) is 0 Å². The van der Waals surface area contributed by atoms with Crippen LogP contribution < -0.4 is 0 Å². The SMILES string of the molecule is CCC[Si](O)(O)O[Si](CCCS(=O)(=O)O)(O[Si](O)(O)CCC)O[Si](O)(O)CCCS(=O)(=O)O. The van der Waals surface area contributed by atoms with E-state index in [1.54, 1.807) is 13.8 Å². The molecule has 0 saturated carbocycles. The average molecular weight is 595 g/mol. The summed E-state index contributed by atoms with van der Waals surface area (Å²) in [6, 6.07) is -2.05. The topological polar surface area (TPSA) is 258 Å². The second-order valence-electron chi connectivity index (χ2n) is 7.50. The van der Waals surface area contributed by atoms with Gasteiger partial charge in [-0.1, -0.05) is 26.7 Å². The summed E-state index contributed by atoms with van der Waals surface area (Å²) in [6.45, 7) is 3.14. The van der Waals surface area contributed by atoms with Gasteiger partial charge in [-0.15, -0.1) is 0 Å². The smallest absolute Gasteiger partial charge is 0.390 e. The summed E-state index contributed by atoms with van der Waals surface area (Å²) in [6.07, 6.45) is -0.605. The van der Waals surface area contributed by atoms with Gasteiger partial charge in [-0.2, -0.15) is 16.8 Å². The maximum Gasteiger partial charge on any atom is 0.488 e. The van der Waals surface area contributed by atoms with Crippen molar-refractivity contribution in [3.63, 3.8) is 0 Å². The van der Waals surface area contributed by atoms with E-state index in [0.29, 0.717) is 0 Å². The first-order valence-electron chi connectivity index (χ1n) is 10.0. The monoisotopic (exact) mass is 594 g/mol. The fourth-order valence-corrected chi connectivity index (χ4v) is 16.9. The van der Waals surface area contributed by atoms with Crippen molar-refractivity contribution in [3.05, 3.63) is 0 Å². The fourth-order valence-electron chi connectivity index (χ4n) is 2.72. The van der Waals surface area contributed by atoms with Gasteiger partial charge < -0.3 is 41.1 Å². The molecule has 0 aromatic carbocycles. The Kier molecular flexibility index (Phi) is 13.2. The highest BCUT2D eigenvalue weighted by Crippen LogP contribution is 2.30. The number of rotatable bonds is 18. The summed E-state index contributed by atoms with van der Waals surface area (Å²) in [5.74, 6) is -1.74. The highest BCUT2D eigenvalue weighted by molar-refractivity contribution is 7.86. The summed E-state index contributed by atoms with van der Waals surface area (Å²) in [5.41, 5.74) is 0. The Balaban J connectivity index is 6.12. The van der Waals surface area contributed by atoms with Gasteiger partial charge in [0.05, 0.1) is 11.5 Å². The molecule has 0 aromatic heterocycles. The lowest BCUT2D eigenvalue weighted by Crippen LogP contribution is -2.65. The quantitative estimate of drug-likeness (QED) is 0.0638. The lowest BCUT2D eigenvalue weighted by Gasteiger charge is -2.39. The van der Waals surface area contributed by atoms with E-state index >= 15 is 0 Å². The Morgan fingerprint density at radius 1 is 0.576 bits per heavy atom. The second-order valence-corrected chi connectivity index (χ2v) is 20.9. The van der Waals surface area contributed by atoms with Gasteiger partial charge in [0.1, 0.15) is 0 Å². The molecule has 33 heavy (non-hydrogen) atoms. The van der Waals surface area contributed by atoms with Crippen LogP contribution in [-0.2, 0) is 32.6 Å². The van der Waals surface area contributed by atoms with Crippen molar-refractivity contribution < 1.29 is 67.1 Å². The van der Waals surface area contributed by atoms with Gasteiger partial charge in [0.2, 0.25) is 0 Å². The van der Waals surface area contributed by atoms with E-state index in [2.05, 4.69) is 0 Å². The van der Waals surface area contributed by atoms with Crippen molar-refractivity contribution in [2.45, 2.75) is 63.7 Å². The largest absolute Gasteiger partial charge is 0.488 e. The van der Waals surface area contributed by atoms with Crippen LogP contribution in [0.1, 0.15) is 39.5 Å². The molecule has 15 nitrogen and oxygen atoms in total. The van der Waals surface area contributed by atoms with Crippen LogP contribution in [0.25, 0.3) is 0 Å². The lowest BCUT2D eigenvalue weighted by molar-refractivity contribution is 0.101. The van der Waals surface area contributed by atoms with Crippen LogP contribution in [0.3, 0.4) is 0 Å². The molecular weight excluding hydrogens is 561 g/mol. The van der Waals surface area contributed by atoms with Crippen molar-refractivity contribution in [2.75, 3.05) is 11.5 Å².